The summed E-state index contributed by atoms with van der Waals surface area (Å²) in [5, 5.41) is 12.5. The summed E-state index contributed by atoms with van der Waals surface area (Å²) in [6.07, 6.45) is -0.109. The zero-order valence-corrected chi connectivity index (χ0v) is 15.1. The second kappa shape index (κ2) is 8.09. The molecule has 2 heterocycles. The molecule has 2 rings (SSSR count). The molecular formula is C15H21Cl2N3O4. The highest BCUT2D eigenvalue weighted by Gasteiger charge is 2.34. The number of aryl methyl sites for hydroxylation is 1. The van der Waals surface area contributed by atoms with Crippen molar-refractivity contribution in [2.24, 2.45) is 0 Å². The summed E-state index contributed by atoms with van der Waals surface area (Å²) in [6.45, 7) is 4.75. The quantitative estimate of drug-likeness (QED) is 0.734. The molecule has 1 aromatic rings. The fourth-order valence-corrected chi connectivity index (χ4v) is 3.08. The number of amides is 2. The topological polar surface area (TPSA) is 94.7 Å². The summed E-state index contributed by atoms with van der Waals surface area (Å²) in [6, 6.07) is -0.293. The molecule has 24 heavy (non-hydrogen) atoms. The largest absolute Gasteiger partial charge is 0.465 e. The zero-order chi connectivity index (χ0) is 17.9. The Labute approximate surface area is 150 Å². The molecule has 1 aliphatic rings. The highest BCUT2D eigenvalue weighted by Crippen LogP contribution is 2.29. The van der Waals surface area contributed by atoms with Gasteiger partial charge in [0.2, 0.25) is 0 Å². The SMILES string of the molecule is CCCO[C@H]1CN(C(=O)O)CC[C@H]1NC(=O)c1[nH]c(C)c(Cl)c1Cl. The normalized spacial score (nSPS) is 20.9. The van der Waals surface area contributed by atoms with Crippen LogP contribution in [0.2, 0.25) is 10.0 Å². The molecule has 1 saturated heterocycles. The first-order valence-corrected chi connectivity index (χ1v) is 8.54. The van der Waals surface area contributed by atoms with E-state index < -0.39 is 12.2 Å². The van der Waals surface area contributed by atoms with E-state index in [2.05, 4.69) is 10.3 Å². The van der Waals surface area contributed by atoms with E-state index in [4.69, 9.17) is 33.0 Å². The van der Waals surface area contributed by atoms with Crippen LogP contribution < -0.4 is 5.32 Å². The molecule has 0 bridgehead atoms. The summed E-state index contributed by atoms with van der Waals surface area (Å²) in [5.41, 5.74) is 0.820. The van der Waals surface area contributed by atoms with Crippen LogP contribution in [0.15, 0.2) is 0 Å². The first-order valence-electron chi connectivity index (χ1n) is 7.79. The monoisotopic (exact) mass is 377 g/mol. The number of aromatic amines is 1. The Morgan fingerprint density at radius 3 is 2.67 bits per heavy atom. The van der Waals surface area contributed by atoms with Gasteiger partial charge in [0.25, 0.3) is 5.91 Å². The fraction of sp³-hybridized carbons (Fsp3) is 0.600. The Bertz CT molecular complexity index is 620. The van der Waals surface area contributed by atoms with Crippen LogP contribution in [0, 0.1) is 6.92 Å². The third-order valence-electron chi connectivity index (χ3n) is 3.96. The number of halogens is 2. The van der Waals surface area contributed by atoms with E-state index in [-0.39, 0.29) is 29.2 Å². The van der Waals surface area contributed by atoms with Gasteiger partial charge in [-0.25, -0.2) is 4.79 Å². The van der Waals surface area contributed by atoms with Crippen LogP contribution in [0.4, 0.5) is 4.79 Å². The standard InChI is InChI=1S/C15H21Cl2N3O4/c1-3-6-24-10-7-20(15(22)23)5-4-9(10)19-14(21)13-12(17)11(16)8(2)18-13/h9-10,18H,3-7H2,1-2H3,(H,19,21)(H,22,23)/t9-,10+/m1/s1. The van der Waals surface area contributed by atoms with Crippen LogP contribution in [0.1, 0.15) is 35.9 Å². The van der Waals surface area contributed by atoms with Crippen molar-refractivity contribution in [1.29, 1.82) is 0 Å². The highest BCUT2D eigenvalue weighted by molar-refractivity contribution is 6.44. The lowest BCUT2D eigenvalue weighted by Gasteiger charge is -2.37. The van der Waals surface area contributed by atoms with E-state index in [1.165, 1.54) is 4.90 Å². The van der Waals surface area contributed by atoms with Gasteiger partial charge in [-0.1, -0.05) is 30.1 Å². The summed E-state index contributed by atoms with van der Waals surface area (Å²) in [4.78, 5) is 27.8. The maximum absolute atomic E-state index is 12.5. The van der Waals surface area contributed by atoms with Crippen LogP contribution >= 0.6 is 23.2 Å². The van der Waals surface area contributed by atoms with Gasteiger partial charge < -0.3 is 25.0 Å². The van der Waals surface area contributed by atoms with Crippen molar-refractivity contribution in [2.75, 3.05) is 19.7 Å². The number of H-pyrrole nitrogens is 1. The smallest absolute Gasteiger partial charge is 0.407 e. The van der Waals surface area contributed by atoms with Gasteiger partial charge in [-0.3, -0.25) is 4.79 Å². The number of hydrogen-bond acceptors (Lipinski definition) is 3. The molecule has 1 aromatic heterocycles. The van der Waals surface area contributed by atoms with Crippen LogP contribution in [-0.2, 0) is 4.74 Å². The number of ether oxygens (including phenoxy) is 1. The molecule has 1 fully saturated rings. The first kappa shape index (κ1) is 18.9. The Balaban J connectivity index is 2.09. The molecule has 0 unspecified atom stereocenters. The van der Waals surface area contributed by atoms with Crippen molar-refractivity contribution >= 4 is 35.2 Å². The van der Waals surface area contributed by atoms with Gasteiger partial charge in [-0.2, -0.15) is 0 Å². The van der Waals surface area contributed by atoms with Gasteiger partial charge in [0.05, 0.1) is 28.7 Å². The lowest BCUT2D eigenvalue weighted by atomic mass is 10.0. The maximum atomic E-state index is 12.5. The van der Waals surface area contributed by atoms with Crippen molar-refractivity contribution < 1.29 is 19.4 Å². The molecule has 0 radical (unpaired) electrons. The van der Waals surface area contributed by atoms with Crippen molar-refractivity contribution in [1.82, 2.24) is 15.2 Å². The number of hydrogen-bond donors (Lipinski definition) is 3. The number of nitrogens with one attached hydrogen (secondary N) is 2. The predicted molar refractivity (Wildman–Crippen MR) is 91.0 cm³/mol. The molecule has 0 aliphatic carbocycles. The summed E-state index contributed by atoms with van der Waals surface area (Å²) in [5.74, 6) is -0.381. The fourth-order valence-electron chi connectivity index (χ4n) is 2.66. The number of carbonyl (C=O) groups excluding carboxylic acids is 1. The average Bonchev–Trinajstić information content (AvgIpc) is 2.81. The van der Waals surface area contributed by atoms with Gasteiger partial charge in [-0.15, -0.1) is 0 Å². The molecule has 1 aliphatic heterocycles. The van der Waals surface area contributed by atoms with E-state index in [1.807, 2.05) is 6.92 Å². The second-order valence-corrected chi connectivity index (χ2v) is 6.52. The van der Waals surface area contributed by atoms with Crippen LogP contribution in [0.5, 0.6) is 0 Å². The Morgan fingerprint density at radius 2 is 2.12 bits per heavy atom. The maximum Gasteiger partial charge on any atom is 0.407 e. The van der Waals surface area contributed by atoms with E-state index in [0.29, 0.717) is 30.3 Å². The van der Waals surface area contributed by atoms with Crippen molar-refractivity contribution in [2.45, 2.75) is 38.8 Å². The molecule has 2 atom stereocenters. The number of likely N-dealkylation sites (tertiary alicyclic amines) is 1. The number of carbonyl (C=O) groups is 2. The third kappa shape index (κ3) is 4.15. The lowest BCUT2D eigenvalue weighted by Crippen LogP contribution is -2.56. The summed E-state index contributed by atoms with van der Waals surface area (Å²) >= 11 is 12.1. The summed E-state index contributed by atoms with van der Waals surface area (Å²) < 4.78 is 5.73. The average molecular weight is 378 g/mol. The molecule has 0 spiro atoms. The van der Waals surface area contributed by atoms with E-state index in [0.717, 1.165) is 6.42 Å². The zero-order valence-electron chi connectivity index (χ0n) is 13.6. The van der Waals surface area contributed by atoms with Gasteiger partial charge in [-0.05, 0) is 19.8 Å². The minimum Gasteiger partial charge on any atom is -0.465 e. The number of aromatic nitrogens is 1. The molecular weight excluding hydrogens is 357 g/mol. The van der Waals surface area contributed by atoms with E-state index >= 15 is 0 Å². The van der Waals surface area contributed by atoms with E-state index in [1.54, 1.807) is 6.92 Å². The number of piperidine rings is 1. The van der Waals surface area contributed by atoms with E-state index in [9.17, 15) is 9.59 Å². The third-order valence-corrected chi connectivity index (χ3v) is 4.91. The first-order chi connectivity index (χ1) is 11.3. The van der Waals surface area contributed by atoms with Crippen molar-refractivity contribution in [3.63, 3.8) is 0 Å². The Kier molecular flexibility index (Phi) is 6.37. The number of carboxylic acid groups (broad SMARTS) is 1. The minimum atomic E-state index is -0.986. The van der Waals surface area contributed by atoms with Gasteiger partial charge in [0.1, 0.15) is 5.69 Å². The molecule has 7 nitrogen and oxygen atoms in total. The van der Waals surface area contributed by atoms with Crippen LogP contribution in [-0.4, -0.2) is 58.8 Å². The number of nitrogens with zero attached hydrogens (tertiary/aromatic N) is 1. The van der Waals surface area contributed by atoms with Crippen LogP contribution in [0.3, 0.4) is 0 Å². The van der Waals surface area contributed by atoms with Crippen molar-refractivity contribution in [3.05, 3.63) is 21.4 Å². The molecule has 3 N–H and O–H groups in total. The van der Waals surface area contributed by atoms with Gasteiger partial charge in [0.15, 0.2) is 0 Å². The number of rotatable bonds is 5. The lowest BCUT2D eigenvalue weighted by molar-refractivity contribution is -0.0162. The molecule has 9 heteroatoms. The van der Waals surface area contributed by atoms with Gasteiger partial charge >= 0.3 is 6.09 Å². The molecule has 2 amide bonds. The van der Waals surface area contributed by atoms with Crippen molar-refractivity contribution in [3.8, 4) is 0 Å². The second-order valence-electron chi connectivity index (χ2n) is 5.76. The summed E-state index contributed by atoms with van der Waals surface area (Å²) in [7, 11) is 0. The molecule has 0 aromatic carbocycles. The predicted octanol–water partition coefficient (Wildman–Crippen LogP) is 2.91. The molecule has 134 valence electrons. The Hall–Kier alpha value is -1.44. The Morgan fingerprint density at radius 1 is 1.42 bits per heavy atom. The van der Waals surface area contributed by atoms with Gasteiger partial charge in [0, 0.05) is 18.8 Å². The van der Waals surface area contributed by atoms with Crippen LogP contribution in [0.25, 0.3) is 0 Å². The minimum absolute atomic E-state index is 0.181. The highest BCUT2D eigenvalue weighted by atomic mass is 35.5. The molecule has 0 saturated carbocycles.